The van der Waals surface area contributed by atoms with Crippen LogP contribution in [0.25, 0.3) is 10.4 Å². The Kier molecular flexibility index (Phi) is 4.41. The number of furan rings is 1. The second-order valence-electron chi connectivity index (χ2n) is 5.32. The molecule has 0 aliphatic rings. The molecular formula is C18H18FNOS. The van der Waals surface area contributed by atoms with Crippen molar-refractivity contribution in [3.8, 4) is 10.4 Å². The number of nitrogens with one attached hydrogen (secondary N) is 1. The van der Waals surface area contributed by atoms with Gasteiger partial charge in [0, 0.05) is 16.3 Å². The van der Waals surface area contributed by atoms with Crippen LogP contribution in [-0.2, 0) is 6.54 Å². The standard InChI is InChI=1S/C18H18FNOS/c1-12-3-9-17(21-12)13(2)20-11-16-8-10-18(22-16)14-4-6-15(19)7-5-14/h3-10,13,20H,11H2,1-2H3. The average Bonchev–Trinajstić information content (AvgIpc) is 3.15. The minimum Gasteiger partial charge on any atom is -0.465 e. The van der Waals surface area contributed by atoms with Crippen LogP contribution < -0.4 is 5.32 Å². The Morgan fingerprint density at radius 1 is 1.09 bits per heavy atom. The Bertz CT molecular complexity index is 745. The molecule has 1 N–H and O–H groups in total. The first-order valence-corrected chi connectivity index (χ1v) is 8.08. The van der Waals surface area contributed by atoms with Crippen molar-refractivity contribution < 1.29 is 8.81 Å². The van der Waals surface area contributed by atoms with Crippen molar-refractivity contribution in [2.24, 2.45) is 0 Å². The molecule has 114 valence electrons. The highest BCUT2D eigenvalue weighted by atomic mass is 32.1. The molecular weight excluding hydrogens is 297 g/mol. The van der Waals surface area contributed by atoms with Gasteiger partial charge in [0.2, 0.25) is 0 Å². The summed E-state index contributed by atoms with van der Waals surface area (Å²) in [5.74, 6) is 1.68. The summed E-state index contributed by atoms with van der Waals surface area (Å²) >= 11 is 1.72. The lowest BCUT2D eigenvalue weighted by atomic mass is 10.2. The van der Waals surface area contributed by atoms with E-state index in [0.717, 1.165) is 28.5 Å². The van der Waals surface area contributed by atoms with Gasteiger partial charge in [-0.15, -0.1) is 11.3 Å². The van der Waals surface area contributed by atoms with Gasteiger partial charge >= 0.3 is 0 Å². The molecule has 0 aliphatic carbocycles. The summed E-state index contributed by atoms with van der Waals surface area (Å²) in [6, 6.07) is 15.0. The van der Waals surface area contributed by atoms with Gasteiger partial charge in [0.25, 0.3) is 0 Å². The predicted molar refractivity (Wildman–Crippen MR) is 88.4 cm³/mol. The van der Waals surface area contributed by atoms with Crippen molar-refractivity contribution in [2.75, 3.05) is 0 Å². The summed E-state index contributed by atoms with van der Waals surface area (Å²) in [7, 11) is 0. The lowest BCUT2D eigenvalue weighted by molar-refractivity contribution is 0.416. The van der Waals surface area contributed by atoms with E-state index in [1.807, 2.05) is 31.2 Å². The average molecular weight is 315 g/mol. The summed E-state index contributed by atoms with van der Waals surface area (Å²) in [6.07, 6.45) is 0. The van der Waals surface area contributed by atoms with Crippen LogP contribution in [0.3, 0.4) is 0 Å². The number of hydrogen-bond acceptors (Lipinski definition) is 3. The third kappa shape index (κ3) is 3.46. The van der Waals surface area contributed by atoms with E-state index < -0.39 is 0 Å². The molecule has 0 spiro atoms. The van der Waals surface area contributed by atoms with E-state index in [-0.39, 0.29) is 11.9 Å². The summed E-state index contributed by atoms with van der Waals surface area (Å²) < 4.78 is 18.6. The Balaban J connectivity index is 1.63. The molecule has 1 unspecified atom stereocenters. The summed E-state index contributed by atoms with van der Waals surface area (Å²) in [4.78, 5) is 2.40. The third-order valence-corrected chi connectivity index (χ3v) is 4.70. The molecule has 1 aromatic carbocycles. The third-order valence-electron chi connectivity index (χ3n) is 3.56. The first kappa shape index (κ1) is 15.0. The number of benzene rings is 1. The van der Waals surface area contributed by atoms with Crippen molar-refractivity contribution in [1.82, 2.24) is 5.32 Å². The fourth-order valence-electron chi connectivity index (χ4n) is 2.28. The van der Waals surface area contributed by atoms with Crippen LogP contribution in [0.2, 0.25) is 0 Å². The van der Waals surface area contributed by atoms with Crippen molar-refractivity contribution in [1.29, 1.82) is 0 Å². The molecule has 3 rings (SSSR count). The summed E-state index contributed by atoms with van der Waals surface area (Å²) in [5, 5.41) is 3.46. The zero-order chi connectivity index (χ0) is 15.5. The van der Waals surface area contributed by atoms with E-state index >= 15 is 0 Å². The van der Waals surface area contributed by atoms with Crippen molar-refractivity contribution in [3.63, 3.8) is 0 Å². The van der Waals surface area contributed by atoms with Gasteiger partial charge in [-0.2, -0.15) is 0 Å². The van der Waals surface area contributed by atoms with Gasteiger partial charge in [0.15, 0.2) is 0 Å². The monoisotopic (exact) mass is 315 g/mol. The van der Waals surface area contributed by atoms with Gasteiger partial charge in [-0.05, 0) is 55.8 Å². The summed E-state index contributed by atoms with van der Waals surface area (Å²) in [5.41, 5.74) is 1.05. The maximum absolute atomic E-state index is 13.0. The lowest BCUT2D eigenvalue weighted by Crippen LogP contribution is -2.16. The normalized spacial score (nSPS) is 12.5. The minimum absolute atomic E-state index is 0.171. The summed E-state index contributed by atoms with van der Waals surface area (Å²) in [6.45, 7) is 4.82. The Hall–Kier alpha value is -1.91. The molecule has 4 heteroatoms. The molecule has 0 bridgehead atoms. The molecule has 0 amide bonds. The Labute approximate surface area is 133 Å². The van der Waals surface area contributed by atoms with Crippen molar-refractivity contribution >= 4 is 11.3 Å². The molecule has 0 saturated carbocycles. The first-order valence-electron chi connectivity index (χ1n) is 7.26. The van der Waals surface area contributed by atoms with E-state index in [1.54, 1.807) is 11.3 Å². The van der Waals surface area contributed by atoms with Crippen LogP contribution in [0.1, 0.15) is 29.4 Å². The fourth-order valence-corrected chi connectivity index (χ4v) is 3.25. The highest BCUT2D eigenvalue weighted by Crippen LogP contribution is 2.28. The molecule has 3 aromatic rings. The van der Waals surface area contributed by atoms with Crippen LogP contribution >= 0.6 is 11.3 Å². The predicted octanol–water partition coefficient (Wildman–Crippen LogP) is 5.31. The quantitative estimate of drug-likeness (QED) is 0.690. The van der Waals surface area contributed by atoms with Gasteiger partial charge in [-0.3, -0.25) is 0 Å². The molecule has 2 heterocycles. The van der Waals surface area contributed by atoms with Gasteiger partial charge in [0.1, 0.15) is 17.3 Å². The molecule has 0 aliphatic heterocycles. The number of hydrogen-bond donors (Lipinski definition) is 1. The second-order valence-corrected chi connectivity index (χ2v) is 6.49. The smallest absolute Gasteiger partial charge is 0.123 e. The van der Waals surface area contributed by atoms with Crippen LogP contribution in [-0.4, -0.2) is 0 Å². The van der Waals surface area contributed by atoms with Gasteiger partial charge in [-0.1, -0.05) is 12.1 Å². The van der Waals surface area contributed by atoms with E-state index in [2.05, 4.69) is 24.4 Å². The second kappa shape index (κ2) is 6.46. The Morgan fingerprint density at radius 3 is 2.55 bits per heavy atom. The minimum atomic E-state index is -0.204. The molecule has 22 heavy (non-hydrogen) atoms. The first-order chi connectivity index (χ1) is 10.6. The van der Waals surface area contributed by atoms with E-state index in [4.69, 9.17) is 4.42 Å². The highest BCUT2D eigenvalue weighted by molar-refractivity contribution is 7.15. The lowest BCUT2D eigenvalue weighted by Gasteiger charge is -2.10. The van der Waals surface area contributed by atoms with Gasteiger partial charge < -0.3 is 9.73 Å². The number of halogens is 1. The molecule has 2 aromatic heterocycles. The van der Waals surface area contributed by atoms with Crippen LogP contribution in [0.15, 0.2) is 52.9 Å². The zero-order valence-corrected chi connectivity index (χ0v) is 13.4. The van der Waals surface area contributed by atoms with E-state index in [1.165, 1.54) is 17.0 Å². The molecule has 0 radical (unpaired) electrons. The van der Waals surface area contributed by atoms with Crippen LogP contribution in [0.5, 0.6) is 0 Å². The van der Waals surface area contributed by atoms with Gasteiger partial charge in [0.05, 0.1) is 6.04 Å². The SMILES string of the molecule is Cc1ccc(C(C)NCc2ccc(-c3ccc(F)cc3)s2)o1. The number of aryl methyl sites for hydroxylation is 1. The van der Waals surface area contributed by atoms with E-state index in [9.17, 15) is 4.39 Å². The maximum atomic E-state index is 13.0. The zero-order valence-electron chi connectivity index (χ0n) is 12.6. The molecule has 1 atom stereocenters. The number of rotatable bonds is 5. The number of thiophene rings is 1. The topological polar surface area (TPSA) is 25.2 Å². The van der Waals surface area contributed by atoms with Crippen molar-refractivity contribution in [3.05, 3.63) is 70.7 Å². The Morgan fingerprint density at radius 2 is 1.86 bits per heavy atom. The van der Waals surface area contributed by atoms with E-state index in [0.29, 0.717) is 0 Å². The molecule has 2 nitrogen and oxygen atoms in total. The highest BCUT2D eigenvalue weighted by Gasteiger charge is 2.10. The van der Waals surface area contributed by atoms with Crippen LogP contribution in [0.4, 0.5) is 4.39 Å². The fraction of sp³-hybridized carbons (Fsp3) is 0.222. The molecule has 0 fully saturated rings. The van der Waals surface area contributed by atoms with Gasteiger partial charge in [-0.25, -0.2) is 4.39 Å². The van der Waals surface area contributed by atoms with Crippen molar-refractivity contribution in [2.45, 2.75) is 26.4 Å². The maximum Gasteiger partial charge on any atom is 0.123 e. The van der Waals surface area contributed by atoms with Crippen LogP contribution in [0, 0.1) is 12.7 Å². The molecule has 0 saturated heterocycles. The largest absolute Gasteiger partial charge is 0.465 e.